The molecule has 4 heteroatoms. The SMILES string of the molecule is C1=CCC(SCC2COC3(CCN(CCc4ccccc4)CC3)O2)C=C1. The molecule has 26 heavy (non-hydrogen) atoms. The summed E-state index contributed by atoms with van der Waals surface area (Å²) in [5.41, 5.74) is 1.42. The molecule has 2 saturated heterocycles. The van der Waals surface area contributed by atoms with E-state index < -0.39 is 0 Å². The first kappa shape index (κ1) is 18.3. The molecule has 140 valence electrons. The molecule has 3 aliphatic rings. The van der Waals surface area contributed by atoms with Crippen LogP contribution in [0.4, 0.5) is 0 Å². The van der Waals surface area contributed by atoms with Crippen molar-refractivity contribution < 1.29 is 9.47 Å². The molecule has 3 nitrogen and oxygen atoms in total. The third kappa shape index (κ3) is 4.80. The van der Waals surface area contributed by atoms with Crippen molar-refractivity contribution in [3.8, 4) is 0 Å². The van der Waals surface area contributed by atoms with Crippen molar-refractivity contribution >= 4 is 11.8 Å². The fourth-order valence-corrected chi connectivity index (χ4v) is 5.00. The molecule has 1 aromatic carbocycles. The highest BCUT2D eigenvalue weighted by Crippen LogP contribution is 2.35. The average Bonchev–Trinajstić information content (AvgIpc) is 3.10. The maximum absolute atomic E-state index is 6.38. The minimum Gasteiger partial charge on any atom is -0.347 e. The number of benzene rings is 1. The van der Waals surface area contributed by atoms with Crippen molar-refractivity contribution in [2.45, 2.75) is 42.8 Å². The highest BCUT2D eigenvalue weighted by molar-refractivity contribution is 8.00. The van der Waals surface area contributed by atoms with Gasteiger partial charge < -0.3 is 14.4 Å². The zero-order chi connectivity index (χ0) is 17.7. The minimum absolute atomic E-state index is 0.246. The van der Waals surface area contributed by atoms with E-state index in [4.69, 9.17) is 9.47 Å². The van der Waals surface area contributed by atoms with E-state index in [9.17, 15) is 0 Å². The number of hydrogen-bond donors (Lipinski definition) is 0. The number of allylic oxidation sites excluding steroid dienone is 3. The van der Waals surface area contributed by atoms with Crippen molar-refractivity contribution in [1.29, 1.82) is 0 Å². The van der Waals surface area contributed by atoms with Gasteiger partial charge in [0.15, 0.2) is 5.79 Å². The van der Waals surface area contributed by atoms with Gasteiger partial charge in [0.1, 0.15) is 0 Å². The molecule has 0 bridgehead atoms. The number of rotatable bonds is 6. The molecule has 2 atom stereocenters. The van der Waals surface area contributed by atoms with Gasteiger partial charge in [0.2, 0.25) is 0 Å². The smallest absolute Gasteiger partial charge is 0.171 e. The molecule has 0 aromatic heterocycles. The van der Waals surface area contributed by atoms with Crippen LogP contribution in [0.3, 0.4) is 0 Å². The number of piperidine rings is 1. The van der Waals surface area contributed by atoms with Crippen LogP contribution in [0.25, 0.3) is 0 Å². The highest BCUT2D eigenvalue weighted by atomic mass is 32.2. The summed E-state index contributed by atoms with van der Waals surface area (Å²) in [5, 5.41) is 0.597. The highest BCUT2D eigenvalue weighted by Gasteiger charge is 2.43. The molecule has 2 unspecified atom stereocenters. The van der Waals surface area contributed by atoms with E-state index in [1.54, 1.807) is 0 Å². The summed E-state index contributed by atoms with van der Waals surface area (Å²) in [6, 6.07) is 10.8. The molecule has 0 saturated carbocycles. The lowest BCUT2D eigenvalue weighted by Crippen LogP contribution is -2.46. The number of hydrogen-bond acceptors (Lipinski definition) is 4. The van der Waals surface area contributed by atoms with E-state index in [1.165, 1.54) is 5.56 Å². The predicted octanol–water partition coefficient (Wildman–Crippen LogP) is 4.05. The van der Waals surface area contributed by atoms with Crippen molar-refractivity contribution in [3.63, 3.8) is 0 Å². The summed E-state index contributed by atoms with van der Waals surface area (Å²) < 4.78 is 12.5. The van der Waals surface area contributed by atoms with E-state index in [1.807, 2.05) is 11.8 Å². The molecule has 2 fully saturated rings. The summed E-state index contributed by atoms with van der Waals surface area (Å²) in [5.74, 6) is 0.721. The molecule has 0 amide bonds. The van der Waals surface area contributed by atoms with Gasteiger partial charge in [-0.3, -0.25) is 0 Å². The van der Waals surface area contributed by atoms with Gasteiger partial charge in [-0.05, 0) is 18.4 Å². The molecule has 0 radical (unpaired) electrons. The Labute approximate surface area is 161 Å². The lowest BCUT2D eigenvalue weighted by atomic mass is 10.0. The van der Waals surface area contributed by atoms with E-state index in [2.05, 4.69) is 59.5 Å². The van der Waals surface area contributed by atoms with Crippen molar-refractivity contribution in [2.75, 3.05) is 32.0 Å². The van der Waals surface area contributed by atoms with E-state index in [0.717, 1.165) is 57.7 Å². The maximum Gasteiger partial charge on any atom is 0.171 e. The Hall–Kier alpha value is -1.07. The van der Waals surface area contributed by atoms with Gasteiger partial charge in [-0.1, -0.05) is 54.6 Å². The zero-order valence-electron chi connectivity index (χ0n) is 15.4. The Kier molecular flexibility index (Phi) is 6.16. The quantitative estimate of drug-likeness (QED) is 0.752. The summed E-state index contributed by atoms with van der Waals surface area (Å²) in [6.07, 6.45) is 13.3. The van der Waals surface area contributed by atoms with Crippen molar-refractivity contribution in [2.24, 2.45) is 0 Å². The van der Waals surface area contributed by atoms with Crippen molar-refractivity contribution in [1.82, 2.24) is 4.90 Å². The summed E-state index contributed by atoms with van der Waals surface area (Å²) in [6.45, 7) is 4.02. The molecular formula is C22H29NO2S. The number of ether oxygens (including phenoxy) is 2. The normalized spacial score (nSPS) is 28.0. The Morgan fingerprint density at radius 2 is 1.96 bits per heavy atom. The van der Waals surface area contributed by atoms with Gasteiger partial charge in [0.25, 0.3) is 0 Å². The fourth-order valence-electron chi connectivity index (χ4n) is 3.92. The topological polar surface area (TPSA) is 21.7 Å². The van der Waals surface area contributed by atoms with Crippen LogP contribution in [-0.2, 0) is 15.9 Å². The molecule has 1 aliphatic carbocycles. The van der Waals surface area contributed by atoms with E-state index in [0.29, 0.717) is 5.25 Å². The van der Waals surface area contributed by atoms with Crippen LogP contribution >= 0.6 is 11.8 Å². The standard InChI is InChI=1S/C22H29NO2S/c1-3-7-19(8-4-1)11-14-23-15-12-22(13-16-23)24-17-20(25-22)18-26-21-9-5-2-6-10-21/h1-9,20-21H,10-18H2. The lowest BCUT2D eigenvalue weighted by molar-refractivity contribution is -0.192. The van der Waals surface area contributed by atoms with Crippen molar-refractivity contribution in [3.05, 3.63) is 60.2 Å². The van der Waals surface area contributed by atoms with Crippen LogP contribution in [-0.4, -0.2) is 54.0 Å². The fraction of sp³-hybridized carbons (Fsp3) is 0.545. The zero-order valence-corrected chi connectivity index (χ0v) is 16.2. The first-order chi connectivity index (χ1) is 12.8. The van der Waals surface area contributed by atoms with Crippen LogP contribution in [0, 0.1) is 0 Å². The van der Waals surface area contributed by atoms with Gasteiger partial charge in [-0.2, -0.15) is 11.8 Å². The van der Waals surface area contributed by atoms with Gasteiger partial charge in [-0.15, -0.1) is 0 Å². The largest absolute Gasteiger partial charge is 0.347 e. The number of nitrogens with zero attached hydrogens (tertiary/aromatic N) is 1. The molecule has 4 rings (SSSR count). The van der Waals surface area contributed by atoms with Crippen LogP contribution in [0.15, 0.2) is 54.6 Å². The van der Waals surface area contributed by atoms with Gasteiger partial charge in [0, 0.05) is 43.5 Å². The van der Waals surface area contributed by atoms with Gasteiger partial charge in [-0.25, -0.2) is 0 Å². The Balaban J connectivity index is 1.18. The molecular weight excluding hydrogens is 342 g/mol. The monoisotopic (exact) mass is 371 g/mol. The van der Waals surface area contributed by atoms with Crippen LogP contribution in [0.2, 0.25) is 0 Å². The Morgan fingerprint density at radius 3 is 2.73 bits per heavy atom. The first-order valence-corrected chi connectivity index (χ1v) is 10.9. The maximum atomic E-state index is 6.38. The van der Waals surface area contributed by atoms with Crippen LogP contribution in [0.5, 0.6) is 0 Å². The second-order valence-electron chi connectivity index (χ2n) is 7.46. The molecule has 1 aromatic rings. The summed E-state index contributed by atoms with van der Waals surface area (Å²) in [4.78, 5) is 2.55. The minimum atomic E-state index is -0.309. The predicted molar refractivity (Wildman–Crippen MR) is 109 cm³/mol. The van der Waals surface area contributed by atoms with Crippen LogP contribution < -0.4 is 0 Å². The third-order valence-corrected chi connectivity index (χ3v) is 6.87. The number of thioether (sulfide) groups is 1. The van der Waals surface area contributed by atoms with E-state index >= 15 is 0 Å². The first-order valence-electron chi connectivity index (χ1n) is 9.84. The number of likely N-dealkylation sites (tertiary alicyclic amines) is 1. The summed E-state index contributed by atoms with van der Waals surface area (Å²) in [7, 11) is 0. The molecule has 2 aliphatic heterocycles. The van der Waals surface area contributed by atoms with E-state index in [-0.39, 0.29) is 11.9 Å². The molecule has 0 N–H and O–H groups in total. The average molecular weight is 372 g/mol. The summed E-state index contributed by atoms with van der Waals surface area (Å²) >= 11 is 1.99. The second kappa shape index (κ2) is 8.75. The van der Waals surface area contributed by atoms with Crippen LogP contribution in [0.1, 0.15) is 24.8 Å². The third-order valence-electron chi connectivity index (χ3n) is 5.53. The second-order valence-corrected chi connectivity index (χ2v) is 8.73. The van der Waals surface area contributed by atoms with Gasteiger partial charge >= 0.3 is 0 Å². The lowest BCUT2D eigenvalue weighted by Gasteiger charge is -2.38. The van der Waals surface area contributed by atoms with Gasteiger partial charge in [0.05, 0.1) is 12.7 Å². The Bertz CT molecular complexity index is 622. The molecule has 2 heterocycles. The Morgan fingerprint density at radius 1 is 1.12 bits per heavy atom. The molecule has 1 spiro atoms.